The molecule has 0 aliphatic heterocycles. The van der Waals surface area contributed by atoms with E-state index in [1.165, 1.54) is 12.1 Å². The van der Waals surface area contributed by atoms with Gasteiger partial charge in [0.05, 0.1) is 16.3 Å². The topological polar surface area (TPSA) is 95.2 Å². The molecule has 1 atom stereocenters. The molecule has 0 spiro atoms. The third kappa shape index (κ3) is 2.18. The zero-order valence-electron chi connectivity index (χ0n) is 8.86. The van der Waals surface area contributed by atoms with Crippen molar-refractivity contribution in [3.8, 4) is 0 Å². The Balaban J connectivity index is 3.31. The highest BCUT2D eigenvalue weighted by molar-refractivity contribution is 5.71. The van der Waals surface area contributed by atoms with Crippen LogP contribution in [0.4, 0.5) is 17.1 Å². The molecule has 0 bridgehead atoms. The average molecular weight is 209 g/mol. The van der Waals surface area contributed by atoms with E-state index in [1.54, 1.807) is 0 Å². The molecular formula is C10H15N3O2. The zero-order chi connectivity index (χ0) is 11.6. The number of nitro benzene ring substituents is 1. The lowest BCUT2D eigenvalue weighted by Gasteiger charge is -2.13. The van der Waals surface area contributed by atoms with Gasteiger partial charge in [-0.3, -0.25) is 10.1 Å². The van der Waals surface area contributed by atoms with Crippen molar-refractivity contribution in [2.24, 2.45) is 0 Å². The first-order valence-electron chi connectivity index (χ1n) is 4.80. The van der Waals surface area contributed by atoms with Gasteiger partial charge in [0.1, 0.15) is 0 Å². The summed E-state index contributed by atoms with van der Waals surface area (Å²) >= 11 is 0. The van der Waals surface area contributed by atoms with Crippen LogP contribution in [0.2, 0.25) is 0 Å². The molecule has 0 aromatic heterocycles. The van der Waals surface area contributed by atoms with Crippen LogP contribution in [0.25, 0.3) is 0 Å². The molecule has 0 amide bonds. The quantitative estimate of drug-likeness (QED) is 0.453. The van der Waals surface area contributed by atoms with Crippen molar-refractivity contribution in [3.05, 3.63) is 27.8 Å². The molecule has 1 aromatic carbocycles. The van der Waals surface area contributed by atoms with E-state index in [9.17, 15) is 10.1 Å². The molecule has 15 heavy (non-hydrogen) atoms. The van der Waals surface area contributed by atoms with E-state index in [1.807, 2.05) is 13.8 Å². The summed E-state index contributed by atoms with van der Waals surface area (Å²) in [7, 11) is 0. The number of nitrogens with two attached hydrogens (primary N) is 2. The van der Waals surface area contributed by atoms with Gasteiger partial charge >= 0.3 is 0 Å². The maximum absolute atomic E-state index is 10.6. The summed E-state index contributed by atoms with van der Waals surface area (Å²) in [5.41, 5.74) is 12.9. The first-order chi connectivity index (χ1) is 6.97. The SMILES string of the molecule is CCC(C)c1cc([N+](=O)[O-])cc(N)c1N. The molecule has 0 saturated heterocycles. The van der Waals surface area contributed by atoms with Gasteiger partial charge in [-0.1, -0.05) is 13.8 Å². The number of non-ortho nitro benzene ring substituents is 1. The predicted molar refractivity (Wildman–Crippen MR) is 60.6 cm³/mol. The van der Waals surface area contributed by atoms with Gasteiger partial charge < -0.3 is 11.5 Å². The Morgan fingerprint density at radius 1 is 1.47 bits per heavy atom. The minimum atomic E-state index is -0.457. The lowest BCUT2D eigenvalue weighted by atomic mass is 9.95. The standard InChI is InChI=1S/C10H15N3O2/c1-3-6(2)8-4-7(13(14)15)5-9(11)10(8)12/h4-6H,3,11-12H2,1-2H3. The van der Waals surface area contributed by atoms with Crippen LogP contribution < -0.4 is 11.5 Å². The number of rotatable bonds is 3. The number of nitrogens with zero attached hydrogens (tertiary/aromatic N) is 1. The molecule has 82 valence electrons. The molecule has 1 unspecified atom stereocenters. The fourth-order valence-electron chi connectivity index (χ4n) is 1.42. The second-order valence-corrected chi connectivity index (χ2v) is 3.60. The van der Waals surface area contributed by atoms with Crippen LogP contribution in [0.5, 0.6) is 0 Å². The van der Waals surface area contributed by atoms with Crippen LogP contribution >= 0.6 is 0 Å². The molecule has 0 aliphatic carbocycles. The smallest absolute Gasteiger partial charge is 0.271 e. The Morgan fingerprint density at radius 3 is 2.53 bits per heavy atom. The Labute approximate surface area is 88.2 Å². The zero-order valence-corrected chi connectivity index (χ0v) is 8.86. The molecule has 4 N–H and O–H groups in total. The second kappa shape index (κ2) is 4.16. The highest BCUT2D eigenvalue weighted by Crippen LogP contribution is 2.33. The summed E-state index contributed by atoms with van der Waals surface area (Å²) in [5.74, 6) is 0.173. The number of nitro groups is 1. The maximum Gasteiger partial charge on any atom is 0.271 e. The molecule has 0 fully saturated rings. The monoisotopic (exact) mass is 209 g/mol. The maximum atomic E-state index is 10.6. The van der Waals surface area contributed by atoms with Crippen LogP contribution in [0.3, 0.4) is 0 Å². The molecule has 0 saturated carbocycles. The summed E-state index contributed by atoms with van der Waals surface area (Å²) < 4.78 is 0. The molecular weight excluding hydrogens is 194 g/mol. The highest BCUT2D eigenvalue weighted by Gasteiger charge is 2.16. The van der Waals surface area contributed by atoms with E-state index in [-0.39, 0.29) is 17.3 Å². The number of benzene rings is 1. The predicted octanol–water partition coefficient (Wildman–Crippen LogP) is 2.27. The Bertz CT molecular complexity index is 390. The van der Waals surface area contributed by atoms with Gasteiger partial charge in [0.25, 0.3) is 5.69 Å². The van der Waals surface area contributed by atoms with Crippen LogP contribution in [0, 0.1) is 10.1 Å². The summed E-state index contributed by atoms with van der Waals surface area (Å²) in [6.07, 6.45) is 0.866. The number of nitrogen functional groups attached to an aromatic ring is 2. The van der Waals surface area contributed by atoms with Crippen LogP contribution in [-0.4, -0.2) is 4.92 Å². The second-order valence-electron chi connectivity index (χ2n) is 3.60. The van der Waals surface area contributed by atoms with E-state index in [2.05, 4.69) is 0 Å². The van der Waals surface area contributed by atoms with E-state index in [0.29, 0.717) is 5.69 Å². The lowest BCUT2D eigenvalue weighted by molar-refractivity contribution is -0.384. The summed E-state index contributed by atoms with van der Waals surface area (Å²) in [6.45, 7) is 3.97. The number of hydrogen-bond donors (Lipinski definition) is 2. The third-order valence-corrected chi connectivity index (χ3v) is 2.58. The first kappa shape index (κ1) is 11.3. The van der Waals surface area contributed by atoms with Crippen molar-refractivity contribution in [2.45, 2.75) is 26.2 Å². The van der Waals surface area contributed by atoms with E-state index >= 15 is 0 Å². The van der Waals surface area contributed by atoms with E-state index < -0.39 is 4.92 Å². The van der Waals surface area contributed by atoms with E-state index in [0.717, 1.165) is 12.0 Å². The fraction of sp³-hybridized carbons (Fsp3) is 0.400. The van der Waals surface area contributed by atoms with Gasteiger partial charge in [-0.2, -0.15) is 0 Å². The van der Waals surface area contributed by atoms with Gasteiger partial charge in [0.15, 0.2) is 0 Å². The highest BCUT2D eigenvalue weighted by atomic mass is 16.6. The van der Waals surface area contributed by atoms with Crippen molar-refractivity contribution in [1.29, 1.82) is 0 Å². The van der Waals surface area contributed by atoms with Gasteiger partial charge in [0, 0.05) is 12.1 Å². The molecule has 0 heterocycles. The van der Waals surface area contributed by atoms with Crippen LogP contribution in [-0.2, 0) is 0 Å². The van der Waals surface area contributed by atoms with Crippen molar-refractivity contribution < 1.29 is 4.92 Å². The van der Waals surface area contributed by atoms with Crippen LogP contribution in [0.15, 0.2) is 12.1 Å². The summed E-state index contributed by atoms with van der Waals surface area (Å²) in [5, 5.41) is 10.6. The minimum absolute atomic E-state index is 0.00278. The van der Waals surface area contributed by atoms with Crippen LogP contribution in [0.1, 0.15) is 31.7 Å². The molecule has 1 aromatic rings. The van der Waals surface area contributed by atoms with E-state index in [4.69, 9.17) is 11.5 Å². The first-order valence-corrected chi connectivity index (χ1v) is 4.80. The number of hydrogen-bond acceptors (Lipinski definition) is 4. The average Bonchev–Trinajstić information content (AvgIpc) is 2.20. The number of anilines is 2. The lowest BCUT2D eigenvalue weighted by Crippen LogP contribution is -2.04. The Hall–Kier alpha value is -1.78. The third-order valence-electron chi connectivity index (χ3n) is 2.58. The van der Waals surface area contributed by atoms with Gasteiger partial charge in [0.2, 0.25) is 0 Å². The summed E-state index contributed by atoms with van der Waals surface area (Å²) in [4.78, 5) is 10.2. The summed E-state index contributed by atoms with van der Waals surface area (Å²) in [6, 6.07) is 2.79. The fourth-order valence-corrected chi connectivity index (χ4v) is 1.42. The normalized spacial score (nSPS) is 12.4. The molecule has 0 aliphatic rings. The van der Waals surface area contributed by atoms with Crippen molar-refractivity contribution in [1.82, 2.24) is 0 Å². The van der Waals surface area contributed by atoms with Crippen molar-refractivity contribution in [3.63, 3.8) is 0 Å². The van der Waals surface area contributed by atoms with Gasteiger partial charge in [-0.15, -0.1) is 0 Å². The minimum Gasteiger partial charge on any atom is -0.397 e. The molecule has 5 nitrogen and oxygen atoms in total. The Morgan fingerprint density at radius 2 is 2.07 bits per heavy atom. The van der Waals surface area contributed by atoms with Gasteiger partial charge in [-0.25, -0.2) is 0 Å². The molecule has 1 rings (SSSR count). The van der Waals surface area contributed by atoms with Crippen molar-refractivity contribution in [2.75, 3.05) is 11.5 Å². The molecule has 0 radical (unpaired) electrons. The van der Waals surface area contributed by atoms with Crippen molar-refractivity contribution >= 4 is 17.1 Å². The Kier molecular flexibility index (Phi) is 3.14. The largest absolute Gasteiger partial charge is 0.397 e. The molecule has 5 heteroatoms. The van der Waals surface area contributed by atoms with Gasteiger partial charge in [-0.05, 0) is 17.9 Å².